The summed E-state index contributed by atoms with van der Waals surface area (Å²) in [6, 6.07) is 6.81. The van der Waals surface area contributed by atoms with Crippen molar-refractivity contribution < 1.29 is 8.42 Å². The fraction of sp³-hybridized carbons (Fsp3) is 0.231. The minimum atomic E-state index is -3.63. The molecule has 0 aliphatic carbocycles. The molecule has 0 atom stereocenters. The van der Waals surface area contributed by atoms with Crippen LogP contribution in [0.5, 0.6) is 0 Å². The highest BCUT2D eigenvalue weighted by Gasteiger charge is 2.19. The Labute approximate surface area is 127 Å². The van der Waals surface area contributed by atoms with E-state index in [0.717, 1.165) is 9.75 Å². The Morgan fingerprint density at radius 1 is 1.30 bits per heavy atom. The molecule has 1 heterocycles. The van der Waals surface area contributed by atoms with Crippen molar-refractivity contribution in [1.29, 1.82) is 0 Å². The Hall–Kier alpha value is -1.08. The molecule has 0 unspecified atom stereocenters. The minimum Gasteiger partial charge on any atom is -0.398 e. The second kappa shape index (κ2) is 5.73. The molecular formula is C13H15ClN2O2S2. The molecule has 0 aliphatic rings. The number of aryl methyl sites for hydroxylation is 1. The molecule has 0 saturated carbocycles. The molecule has 0 aliphatic heterocycles. The first-order valence-corrected chi connectivity index (χ1v) is 8.58. The van der Waals surface area contributed by atoms with Crippen LogP contribution in [-0.4, -0.2) is 8.42 Å². The molecule has 108 valence electrons. The van der Waals surface area contributed by atoms with Crippen LogP contribution in [0, 0.1) is 13.8 Å². The van der Waals surface area contributed by atoms with Gasteiger partial charge in [0.25, 0.3) is 0 Å². The predicted octanol–water partition coefficient (Wildman–Crippen LogP) is 3.08. The van der Waals surface area contributed by atoms with Gasteiger partial charge in [-0.2, -0.15) is 0 Å². The molecule has 0 spiro atoms. The molecule has 20 heavy (non-hydrogen) atoms. The number of anilines is 1. The molecule has 0 radical (unpaired) electrons. The Morgan fingerprint density at radius 2 is 2.00 bits per heavy atom. The van der Waals surface area contributed by atoms with Crippen LogP contribution in [-0.2, 0) is 16.6 Å². The summed E-state index contributed by atoms with van der Waals surface area (Å²) in [5.74, 6) is 0. The number of nitrogens with one attached hydrogen (secondary N) is 1. The Balaban J connectivity index is 2.27. The summed E-state index contributed by atoms with van der Waals surface area (Å²) < 4.78 is 27.2. The van der Waals surface area contributed by atoms with Gasteiger partial charge in [-0.15, -0.1) is 11.3 Å². The van der Waals surface area contributed by atoms with Crippen molar-refractivity contribution in [1.82, 2.24) is 4.72 Å². The number of thiophene rings is 1. The fourth-order valence-corrected chi connectivity index (χ4v) is 4.29. The van der Waals surface area contributed by atoms with Crippen LogP contribution >= 0.6 is 22.9 Å². The maximum atomic E-state index is 12.3. The summed E-state index contributed by atoms with van der Waals surface area (Å²) in [6.07, 6.45) is 0. The molecule has 7 heteroatoms. The van der Waals surface area contributed by atoms with Crippen LogP contribution < -0.4 is 10.5 Å². The zero-order chi connectivity index (χ0) is 14.9. The summed E-state index contributed by atoms with van der Waals surface area (Å²) in [6.45, 7) is 3.90. The molecule has 2 aromatic rings. The van der Waals surface area contributed by atoms with Gasteiger partial charge < -0.3 is 5.73 Å². The number of halogens is 1. The van der Waals surface area contributed by atoms with E-state index in [0.29, 0.717) is 16.3 Å². The van der Waals surface area contributed by atoms with E-state index in [1.54, 1.807) is 24.3 Å². The number of sulfonamides is 1. The maximum Gasteiger partial charge on any atom is 0.241 e. The topological polar surface area (TPSA) is 72.2 Å². The van der Waals surface area contributed by atoms with Gasteiger partial charge in [0.2, 0.25) is 10.0 Å². The van der Waals surface area contributed by atoms with Gasteiger partial charge in [-0.1, -0.05) is 11.6 Å². The number of rotatable bonds is 4. The van der Waals surface area contributed by atoms with Crippen molar-refractivity contribution in [2.75, 3.05) is 5.73 Å². The third-order valence-corrected chi connectivity index (χ3v) is 5.63. The first-order chi connectivity index (χ1) is 9.29. The zero-order valence-corrected chi connectivity index (χ0v) is 13.5. The molecule has 0 saturated heterocycles. The van der Waals surface area contributed by atoms with Gasteiger partial charge in [-0.3, -0.25) is 0 Å². The van der Waals surface area contributed by atoms with Crippen molar-refractivity contribution in [3.05, 3.63) is 44.6 Å². The Kier molecular flexibility index (Phi) is 4.39. The van der Waals surface area contributed by atoms with Crippen LogP contribution in [0.2, 0.25) is 5.02 Å². The number of hydrogen-bond acceptors (Lipinski definition) is 4. The van der Waals surface area contributed by atoms with Crippen molar-refractivity contribution in [2.24, 2.45) is 0 Å². The summed E-state index contributed by atoms with van der Waals surface area (Å²) >= 11 is 7.43. The first kappa shape index (κ1) is 15.3. The Morgan fingerprint density at radius 3 is 2.60 bits per heavy atom. The van der Waals surface area contributed by atoms with Gasteiger partial charge in [0.15, 0.2) is 0 Å². The summed E-state index contributed by atoms with van der Waals surface area (Å²) in [5, 5.41) is 0.306. The average molecular weight is 331 g/mol. The molecular weight excluding hydrogens is 316 g/mol. The molecule has 1 aromatic heterocycles. The van der Waals surface area contributed by atoms with E-state index in [-0.39, 0.29) is 11.4 Å². The molecule has 0 bridgehead atoms. The van der Waals surface area contributed by atoms with Gasteiger partial charge in [0, 0.05) is 27.0 Å². The highest BCUT2D eigenvalue weighted by Crippen LogP contribution is 2.26. The van der Waals surface area contributed by atoms with Crippen LogP contribution in [0.3, 0.4) is 0 Å². The van der Waals surface area contributed by atoms with E-state index in [4.69, 9.17) is 17.3 Å². The van der Waals surface area contributed by atoms with Crippen molar-refractivity contribution in [3.63, 3.8) is 0 Å². The van der Waals surface area contributed by atoms with E-state index >= 15 is 0 Å². The summed E-state index contributed by atoms with van der Waals surface area (Å²) in [5.41, 5.74) is 6.62. The van der Waals surface area contributed by atoms with Gasteiger partial charge >= 0.3 is 0 Å². The molecule has 0 amide bonds. The molecule has 1 aromatic carbocycles. The smallest absolute Gasteiger partial charge is 0.241 e. The molecule has 2 rings (SSSR count). The van der Waals surface area contributed by atoms with Crippen molar-refractivity contribution >= 4 is 38.6 Å². The lowest BCUT2D eigenvalue weighted by Crippen LogP contribution is -2.24. The van der Waals surface area contributed by atoms with Gasteiger partial charge in [0.05, 0.1) is 4.90 Å². The van der Waals surface area contributed by atoms with E-state index in [2.05, 4.69) is 4.72 Å². The normalized spacial score (nSPS) is 11.8. The van der Waals surface area contributed by atoms with E-state index in [1.165, 1.54) is 6.07 Å². The third-order valence-electron chi connectivity index (χ3n) is 2.89. The zero-order valence-electron chi connectivity index (χ0n) is 11.1. The second-order valence-electron chi connectivity index (χ2n) is 4.46. The first-order valence-electron chi connectivity index (χ1n) is 5.90. The van der Waals surface area contributed by atoms with Crippen LogP contribution in [0.15, 0.2) is 29.2 Å². The average Bonchev–Trinajstić information content (AvgIpc) is 2.77. The van der Waals surface area contributed by atoms with Crippen LogP contribution in [0.1, 0.15) is 15.3 Å². The fourth-order valence-electron chi connectivity index (χ4n) is 1.78. The van der Waals surface area contributed by atoms with E-state index < -0.39 is 10.0 Å². The van der Waals surface area contributed by atoms with Gasteiger partial charge in [0.1, 0.15) is 0 Å². The number of benzene rings is 1. The molecule has 4 nitrogen and oxygen atoms in total. The predicted molar refractivity (Wildman–Crippen MR) is 83.7 cm³/mol. The second-order valence-corrected chi connectivity index (χ2v) is 8.00. The lowest BCUT2D eigenvalue weighted by atomic mass is 10.2. The van der Waals surface area contributed by atoms with Crippen molar-refractivity contribution in [3.8, 4) is 0 Å². The monoisotopic (exact) mass is 330 g/mol. The highest BCUT2D eigenvalue weighted by atomic mass is 35.5. The van der Waals surface area contributed by atoms with E-state index in [9.17, 15) is 8.42 Å². The van der Waals surface area contributed by atoms with Gasteiger partial charge in [-0.25, -0.2) is 13.1 Å². The van der Waals surface area contributed by atoms with Crippen LogP contribution in [0.4, 0.5) is 5.69 Å². The largest absolute Gasteiger partial charge is 0.398 e. The Bertz CT molecular complexity index is 739. The maximum absolute atomic E-state index is 12.3. The van der Waals surface area contributed by atoms with Crippen molar-refractivity contribution in [2.45, 2.75) is 25.3 Å². The summed E-state index contributed by atoms with van der Waals surface area (Å²) in [4.78, 5) is 2.22. The SMILES string of the molecule is Cc1ccc(CNS(=O)(=O)c2cc(Cl)cc(N)c2C)s1. The third kappa shape index (κ3) is 3.32. The highest BCUT2D eigenvalue weighted by molar-refractivity contribution is 7.89. The lowest BCUT2D eigenvalue weighted by Gasteiger charge is -2.11. The van der Waals surface area contributed by atoms with Crippen LogP contribution in [0.25, 0.3) is 0 Å². The van der Waals surface area contributed by atoms with Gasteiger partial charge in [-0.05, 0) is 43.7 Å². The summed E-state index contributed by atoms with van der Waals surface area (Å²) in [7, 11) is -3.63. The minimum absolute atomic E-state index is 0.121. The molecule has 3 N–H and O–H groups in total. The lowest BCUT2D eigenvalue weighted by molar-refractivity contribution is 0.581. The number of nitrogens with two attached hydrogens (primary N) is 1. The standard InChI is InChI=1S/C13H15ClN2O2S2/c1-8-3-4-11(19-8)7-16-20(17,18)13-6-10(14)5-12(15)9(13)2/h3-6,16H,7,15H2,1-2H3. The number of hydrogen-bond donors (Lipinski definition) is 2. The molecule has 0 fully saturated rings. The van der Waals surface area contributed by atoms with E-state index in [1.807, 2.05) is 19.1 Å². The quantitative estimate of drug-likeness (QED) is 0.846. The number of nitrogen functional groups attached to an aromatic ring is 1.